The number of pyridine rings is 1. The fourth-order valence-electron chi connectivity index (χ4n) is 1.33. The van der Waals surface area contributed by atoms with Crippen LogP contribution in [0.15, 0.2) is 10.5 Å². The van der Waals surface area contributed by atoms with Crippen LogP contribution in [0.1, 0.15) is 31.5 Å². The Bertz CT molecular complexity index is 511. The third-order valence-corrected chi connectivity index (χ3v) is 3.18. The number of nitrogens with one attached hydrogen (secondary N) is 1. The molecule has 1 amide bonds. The van der Waals surface area contributed by atoms with Crippen molar-refractivity contribution in [1.82, 2.24) is 10.3 Å². The summed E-state index contributed by atoms with van der Waals surface area (Å²) in [7, 11) is 0. The molecule has 0 saturated carbocycles. The van der Waals surface area contributed by atoms with Gasteiger partial charge in [0.25, 0.3) is 5.91 Å². The fourth-order valence-corrected chi connectivity index (χ4v) is 1.76. The monoisotopic (exact) mass is 325 g/mol. The van der Waals surface area contributed by atoms with E-state index in [0.717, 1.165) is 6.42 Å². The Morgan fingerprint density at radius 1 is 1.68 bits per heavy atom. The van der Waals surface area contributed by atoms with Gasteiger partial charge in [-0.3, -0.25) is 4.79 Å². The number of rotatable bonds is 5. The minimum atomic E-state index is -0.190. The summed E-state index contributed by atoms with van der Waals surface area (Å²) < 4.78 is 5.91. The summed E-state index contributed by atoms with van der Waals surface area (Å²) in [5, 5.41) is 11.7. The van der Waals surface area contributed by atoms with Crippen LogP contribution in [0.3, 0.4) is 0 Å². The Labute approximate surface area is 121 Å². The zero-order chi connectivity index (χ0) is 14.4. The lowest BCUT2D eigenvalue weighted by atomic mass is 10.2. The zero-order valence-electron chi connectivity index (χ0n) is 11.2. The van der Waals surface area contributed by atoms with Gasteiger partial charge >= 0.3 is 0 Å². The van der Waals surface area contributed by atoms with E-state index in [-0.39, 0.29) is 18.6 Å². The second-order valence-electron chi connectivity index (χ2n) is 4.19. The molecule has 0 unspecified atom stereocenters. The van der Waals surface area contributed by atoms with Crippen LogP contribution in [0.5, 0.6) is 5.88 Å². The van der Waals surface area contributed by atoms with Gasteiger partial charge < -0.3 is 10.1 Å². The van der Waals surface area contributed by atoms with Crippen LogP contribution in [0.2, 0.25) is 0 Å². The van der Waals surface area contributed by atoms with Crippen LogP contribution in [-0.2, 0) is 4.79 Å². The molecule has 19 heavy (non-hydrogen) atoms. The first-order valence-corrected chi connectivity index (χ1v) is 6.76. The number of hydrogen-bond acceptors (Lipinski definition) is 4. The minimum Gasteiger partial charge on any atom is -0.467 e. The molecule has 1 aromatic rings. The SMILES string of the molecule is CC[C@H](C)NC(=O)COc1nc(C)c(C#N)cc1Br. The summed E-state index contributed by atoms with van der Waals surface area (Å²) >= 11 is 3.27. The molecule has 0 fully saturated rings. The molecule has 1 aromatic heterocycles. The first-order chi connectivity index (χ1) is 8.97. The van der Waals surface area contributed by atoms with E-state index in [1.807, 2.05) is 19.9 Å². The van der Waals surface area contributed by atoms with Gasteiger partial charge in [0.15, 0.2) is 6.61 Å². The number of amides is 1. The van der Waals surface area contributed by atoms with Crippen LogP contribution in [0, 0.1) is 18.3 Å². The number of aromatic nitrogens is 1. The van der Waals surface area contributed by atoms with E-state index in [2.05, 4.69) is 26.2 Å². The molecule has 102 valence electrons. The lowest BCUT2D eigenvalue weighted by Gasteiger charge is -2.12. The van der Waals surface area contributed by atoms with Crippen molar-refractivity contribution in [3.63, 3.8) is 0 Å². The predicted molar refractivity (Wildman–Crippen MR) is 74.8 cm³/mol. The van der Waals surface area contributed by atoms with Crippen LogP contribution >= 0.6 is 15.9 Å². The van der Waals surface area contributed by atoms with Crippen LogP contribution < -0.4 is 10.1 Å². The normalized spacial score (nSPS) is 11.5. The van der Waals surface area contributed by atoms with Crippen molar-refractivity contribution in [2.75, 3.05) is 6.61 Å². The molecule has 6 heteroatoms. The summed E-state index contributed by atoms with van der Waals surface area (Å²) in [4.78, 5) is 15.7. The van der Waals surface area contributed by atoms with E-state index in [1.54, 1.807) is 13.0 Å². The zero-order valence-corrected chi connectivity index (χ0v) is 12.7. The van der Waals surface area contributed by atoms with E-state index in [4.69, 9.17) is 10.00 Å². The first kappa shape index (κ1) is 15.4. The van der Waals surface area contributed by atoms with Crippen LogP contribution in [0.25, 0.3) is 0 Å². The number of carbonyl (C=O) groups excluding carboxylic acids is 1. The first-order valence-electron chi connectivity index (χ1n) is 5.97. The third kappa shape index (κ3) is 4.52. The standard InChI is InChI=1S/C13H16BrN3O2/c1-4-8(2)16-12(18)7-19-13-11(14)5-10(6-15)9(3)17-13/h5,8H,4,7H2,1-3H3,(H,16,18)/t8-/m0/s1. The van der Waals surface area contributed by atoms with E-state index >= 15 is 0 Å². The van der Waals surface area contributed by atoms with Gasteiger partial charge in [0.2, 0.25) is 5.88 Å². The lowest BCUT2D eigenvalue weighted by Crippen LogP contribution is -2.35. The topological polar surface area (TPSA) is 75.0 Å². The van der Waals surface area contributed by atoms with Gasteiger partial charge in [-0.15, -0.1) is 0 Å². The average Bonchev–Trinajstić information content (AvgIpc) is 2.39. The summed E-state index contributed by atoms with van der Waals surface area (Å²) in [6.07, 6.45) is 0.865. The van der Waals surface area contributed by atoms with E-state index in [1.165, 1.54) is 0 Å². The molecule has 0 bridgehead atoms. The maximum atomic E-state index is 11.6. The van der Waals surface area contributed by atoms with Crippen molar-refractivity contribution in [1.29, 1.82) is 5.26 Å². The van der Waals surface area contributed by atoms with Crippen molar-refractivity contribution in [3.8, 4) is 11.9 Å². The van der Waals surface area contributed by atoms with Crippen LogP contribution in [0.4, 0.5) is 0 Å². The molecule has 0 radical (unpaired) electrons. The molecular weight excluding hydrogens is 310 g/mol. The summed E-state index contributed by atoms with van der Waals surface area (Å²) in [6.45, 7) is 5.55. The Balaban J connectivity index is 2.66. The molecule has 0 spiro atoms. The number of halogens is 1. The van der Waals surface area contributed by atoms with Crippen molar-refractivity contribution in [2.45, 2.75) is 33.2 Å². The maximum Gasteiger partial charge on any atom is 0.258 e. The molecule has 1 heterocycles. The van der Waals surface area contributed by atoms with Crippen molar-refractivity contribution in [3.05, 3.63) is 21.8 Å². The van der Waals surface area contributed by atoms with Gasteiger partial charge in [-0.25, -0.2) is 4.98 Å². The Hall–Kier alpha value is -1.61. The molecule has 5 nitrogen and oxygen atoms in total. The van der Waals surface area contributed by atoms with Gasteiger partial charge in [0.05, 0.1) is 15.7 Å². The Morgan fingerprint density at radius 3 is 2.95 bits per heavy atom. The second-order valence-corrected chi connectivity index (χ2v) is 5.04. The highest BCUT2D eigenvalue weighted by Gasteiger charge is 2.11. The van der Waals surface area contributed by atoms with E-state index < -0.39 is 0 Å². The number of nitrogens with zero attached hydrogens (tertiary/aromatic N) is 2. The van der Waals surface area contributed by atoms with Gasteiger partial charge in [0, 0.05) is 6.04 Å². The second kappa shape index (κ2) is 7.10. The van der Waals surface area contributed by atoms with Gasteiger partial charge in [0.1, 0.15) is 6.07 Å². The van der Waals surface area contributed by atoms with Gasteiger partial charge in [-0.05, 0) is 42.3 Å². The molecule has 0 saturated heterocycles. The van der Waals surface area contributed by atoms with Crippen molar-refractivity contribution in [2.24, 2.45) is 0 Å². The van der Waals surface area contributed by atoms with Gasteiger partial charge in [-0.2, -0.15) is 5.26 Å². The fraction of sp³-hybridized carbons (Fsp3) is 0.462. The highest BCUT2D eigenvalue weighted by atomic mass is 79.9. The Morgan fingerprint density at radius 2 is 2.37 bits per heavy atom. The summed E-state index contributed by atoms with van der Waals surface area (Å²) in [5.74, 6) is 0.126. The molecule has 1 atom stereocenters. The lowest BCUT2D eigenvalue weighted by molar-refractivity contribution is -0.123. The average molecular weight is 326 g/mol. The number of carbonyl (C=O) groups is 1. The van der Waals surface area contributed by atoms with E-state index in [9.17, 15) is 4.79 Å². The number of ether oxygens (including phenoxy) is 1. The minimum absolute atomic E-state index is 0.0960. The summed E-state index contributed by atoms with van der Waals surface area (Å²) in [5.41, 5.74) is 1.05. The smallest absolute Gasteiger partial charge is 0.258 e. The highest BCUT2D eigenvalue weighted by molar-refractivity contribution is 9.10. The summed E-state index contributed by atoms with van der Waals surface area (Å²) in [6, 6.07) is 3.78. The number of nitriles is 1. The third-order valence-electron chi connectivity index (χ3n) is 2.61. The van der Waals surface area contributed by atoms with Gasteiger partial charge in [-0.1, -0.05) is 6.92 Å². The molecule has 1 rings (SSSR count). The largest absolute Gasteiger partial charge is 0.467 e. The highest BCUT2D eigenvalue weighted by Crippen LogP contribution is 2.24. The van der Waals surface area contributed by atoms with Crippen LogP contribution in [-0.4, -0.2) is 23.5 Å². The molecule has 1 N–H and O–H groups in total. The van der Waals surface area contributed by atoms with Crippen molar-refractivity contribution >= 4 is 21.8 Å². The quantitative estimate of drug-likeness (QED) is 0.901. The maximum absolute atomic E-state index is 11.6. The predicted octanol–water partition coefficient (Wildman–Crippen LogP) is 2.32. The molecule has 0 aliphatic rings. The van der Waals surface area contributed by atoms with Crippen molar-refractivity contribution < 1.29 is 9.53 Å². The number of aryl methyl sites for hydroxylation is 1. The Kier molecular flexibility index (Phi) is 5.77. The number of hydrogen-bond donors (Lipinski definition) is 1. The molecule has 0 aliphatic heterocycles. The molecular formula is C13H16BrN3O2. The van der Waals surface area contributed by atoms with E-state index in [0.29, 0.717) is 21.6 Å². The molecule has 0 aliphatic carbocycles. The molecule has 0 aromatic carbocycles.